The molecule has 0 aliphatic rings. The van der Waals surface area contributed by atoms with E-state index < -0.39 is 0 Å². The van der Waals surface area contributed by atoms with E-state index in [9.17, 15) is 0 Å². The zero-order valence-corrected chi connectivity index (χ0v) is 10.6. The van der Waals surface area contributed by atoms with E-state index in [-0.39, 0.29) is 12.6 Å². The largest absolute Gasteiger partial charge is 0.493 e. The van der Waals surface area contributed by atoms with Gasteiger partial charge in [-0.25, -0.2) is 0 Å². The molecule has 5 nitrogen and oxygen atoms in total. The Labute approximate surface area is 102 Å². The Morgan fingerprint density at radius 2 is 2.18 bits per heavy atom. The maximum absolute atomic E-state index is 9.09. The first-order valence-corrected chi connectivity index (χ1v) is 5.66. The van der Waals surface area contributed by atoms with Crippen LogP contribution in [0.15, 0.2) is 12.3 Å². The molecule has 2 N–H and O–H groups in total. The van der Waals surface area contributed by atoms with Crippen molar-refractivity contribution in [1.29, 1.82) is 0 Å². The van der Waals surface area contributed by atoms with Gasteiger partial charge in [-0.3, -0.25) is 4.98 Å². The summed E-state index contributed by atoms with van der Waals surface area (Å²) in [7, 11) is 3.18. The number of methoxy groups -OCH3 is 2. The van der Waals surface area contributed by atoms with Crippen molar-refractivity contribution in [3.63, 3.8) is 0 Å². The molecule has 0 bridgehead atoms. The maximum atomic E-state index is 9.09. The van der Waals surface area contributed by atoms with E-state index in [1.165, 1.54) is 0 Å². The van der Waals surface area contributed by atoms with Gasteiger partial charge in [0.1, 0.15) is 0 Å². The lowest BCUT2D eigenvalue weighted by Gasteiger charge is -2.16. The number of ether oxygens (including phenoxy) is 2. The zero-order chi connectivity index (χ0) is 12.7. The fraction of sp³-hybridized carbons (Fsp3) is 0.583. The molecule has 1 unspecified atom stereocenters. The van der Waals surface area contributed by atoms with Crippen molar-refractivity contribution < 1.29 is 14.6 Å². The highest BCUT2D eigenvalue weighted by Gasteiger charge is 2.12. The first kappa shape index (κ1) is 13.7. The highest BCUT2D eigenvalue weighted by Crippen LogP contribution is 2.28. The van der Waals surface area contributed by atoms with Crippen molar-refractivity contribution >= 4 is 0 Å². The van der Waals surface area contributed by atoms with E-state index in [1.807, 2.05) is 6.92 Å². The Morgan fingerprint density at radius 3 is 2.71 bits per heavy atom. The zero-order valence-electron chi connectivity index (χ0n) is 10.6. The van der Waals surface area contributed by atoms with E-state index >= 15 is 0 Å². The average Bonchev–Trinajstić information content (AvgIpc) is 2.39. The Hall–Kier alpha value is -1.33. The number of nitrogens with one attached hydrogen (secondary N) is 1. The van der Waals surface area contributed by atoms with Gasteiger partial charge < -0.3 is 19.9 Å². The number of rotatable bonds is 7. The van der Waals surface area contributed by atoms with Gasteiger partial charge in [0.15, 0.2) is 11.5 Å². The summed E-state index contributed by atoms with van der Waals surface area (Å²) in [6.45, 7) is 2.67. The lowest BCUT2D eigenvalue weighted by molar-refractivity contribution is 0.237. The number of hydrogen-bond donors (Lipinski definition) is 2. The summed E-state index contributed by atoms with van der Waals surface area (Å²) in [6.07, 6.45) is 2.54. The van der Waals surface area contributed by atoms with Gasteiger partial charge in [0.05, 0.1) is 26.5 Å². The van der Waals surface area contributed by atoms with Gasteiger partial charge in [0.2, 0.25) is 0 Å². The number of pyridine rings is 1. The van der Waals surface area contributed by atoms with Crippen LogP contribution in [0.1, 0.15) is 19.0 Å². The van der Waals surface area contributed by atoms with E-state index in [2.05, 4.69) is 10.3 Å². The van der Waals surface area contributed by atoms with Crippen molar-refractivity contribution in [3.05, 3.63) is 18.0 Å². The molecule has 0 saturated carbocycles. The average molecular weight is 240 g/mol. The monoisotopic (exact) mass is 240 g/mol. The Bertz CT molecular complexity index is 341. The van der Waals surface area contributed by atoms with E-state index in [0.717, 1.165) is 12.1 Å². The number of hydrogen-bond acceptors (Lipinski definition) is 5. The van der Waals surface area contributed by atoms with Gasteiger partial charge >= 0.3 is 0 Å². The van der Waals surface area contributed by atoms with Crippen LogP contribution in [0.4, 0.5) is 0 Å². The number of aromatic nitrogens is 1. The van der Waals surface area contributed by atoms with E-state index in [0.29, 0.717) is 18.0 Å². The molecule has 1 atom stereocenters. The van der Waals surface area contributed by atoms with Gasteiger partial charge in [-0.05, 0) is 6.42 Å². The molecule has 0 fully saturated rings. The molecule has 0 saturated heterocycles. The molecule has 0 radical (unpaired) electrons. The maximum Gasteiger partial charge on any atom is 0.183 e. The number of nitrogens with zero attached hydrogens (tertiary/aromatic N) is 1. The predicted molar refractivity (Wildman–Crippen MR) is 65.3 cm³/mol. The molecule has 5 heteroatoms. The van der Waals surface area contributed by atoms with Crippen molar-refractivity contribution in [2.75, 3.05) is 20.8 Å². The Balaban J connectivity index is 2.76. The lowest BCUT2D eigenvalue weighted by atomic mass is 10.2. The molecule has 96 valence electrons. The van der Waals surface area contributed by atoms with Crippen LogP contribution >= 0.6 is 0 Å². The van der Waals surface area contributed by atoms with Crippen LogP contribution in [0, 0.1) is 0 Å². The minimum atomic E-state index is 0.0766. The van der Waals surface area contributed by atoms with Gasteiger partial charge in [-0.1, -0.05) is 6.92 Å². The van der Waals surface area contributed by atoms with Crippen molar-refractivity contribution in [3.8, 4) is 11.5 Å². The van der Waals surface area contributed by atoms with Gasteiger partial charge in [0.25, 0.3) is 0 Å². The third kappa shape index (κ3) is 3.57. The summed E-state index contributed by atoms with van der Waals surface area (Å²) in [4.78, 5) is 4.25. The summed E-state index contributed by atoms with van der Waals surface area (Å²) in [5.74, 6) is 1.30. The highest BCUT2D eigenvalue weighted by atomic mass is 16.5. The van der Waals surface area contributed by atoms with Gasteiger partial charge in [-0.15, -0.1) is 0 Å². The number of aliphatic hydroxyl groups excluding tert-OH is 1. The van der Waals surface area contributed by atoms with E-state index in [4.69, 9.17) is 14.6 Å². The molecule has 1 aromatic heterocycles. The SMILES string of the molecule is CCC(CO)NCc1nccc(OC)c1OC. The summed E-state index contributed by atoms with van der Waals surface area (Å²) in [6, 6.07) is 1.83. The fourth-order valence-electron chi connectivity index (χ4n) is 1.56. The normalized spacial score (nSPS) is 12.2. The summed E-state index contributed by atoms with van der Waals surface area (Å²) in [5, 5.41) is 12.3. The molecular weight excluding hydrogens is 220 g/mol. The quantitative estimate of drug-likeness (QED) is 0.743. The van der Waals surface area contributed by atoms with Gasteiger partial charge in [0, 0.05) is 24.8 Å². The molecule has 1 aromatic rings. The molecular formula is C12H20N2O3. The Morgan fingerprint density at radius 1 is 1.41 bits per heavy atom. The predicted octanol–water partition coefficient (Wildman–Crippen LogP) is 0.959. The lowest BCUT2D eigenvalue weighted by Crippen LogP contribution is -2.31. The molecule has 1 rings (SSSR count). The van der Waals surface area contributed by atoms with E-state index in [1.54, 1.807) is 26.5 Å². The molecule has 0 aliphatic carbocycles. The Kier molecular flexibility index (Phi) is 5.72. The summed E-state index contributed by atoms with van der Waals surface area (Å²) in [5.41, 5.74) is 0.777. The van der Waals surface area contributed by atoms with Crippen LogP contribution < -0.4 is 14.8 Å². The second-order valence-corrected chi connectivity index (χ2v) is 3.66. The first-order valence-electron chi connectivity index (χ1n) is 5.66. The summed E-state index contributed by atoms with van der Waals surface area (Å²) < 4.78 is 10.5. The fourth-order valence-corrected chi connectivity index (χ4v) is 1.56. The van der Waals surface area contributed by atoms with Crippen molar-refractivity contribution in [2.24, 2.45) is 0 Å². The number of aliphatic hydroxyl groups is 1. The standard InChI is InChI=1S/C12H20N2O3/c1-4-9(8-15)14-7-10-12(17-3)11(16-2)5-6-13-10/h5-6,9,14-15H,4,7-8H2,1-3H3. The van der Waals surface area contributed by atoms with Crippen LogP contribution in [0.3, 0.4) is 0 Å². The molecule has 0 aliphatic heterocycles. The molecule has 1 heterocycles. The van der Waals surface area contributed by atoms with Crippen molar-refractivity contribution in [1.82, 2.24) is 10.3 Å². The third-order valence-corrected chi connectivity index (χ3v) is 2.64. The minimum absolute atomic E-state index is 0.0766. The van der Waals surface area contributed by atoms with Crippen LogP contribution in [-0.4, -0.2) is 37.0 Å². The first-order chi connectivity index (χ1) is 8.26. The van der Waals surface area contributed by atoms with Crippen molar-refractivity contribution in [2.45, 2.75) is 25.9 Å². The molecule has 0 amide bonds. The van der Waals surface area contributed by atoms with Gasteiger partial charge in [-0.2, -0.15) is 0 Å². The minimum Gasteiger partial charge on any atom is -0.493 e. The van der Waals surface area contributed by atoms with Crippen LogP contribution in [-0.2, 0) is 6.54 Å². The molecule has 0 aromatic carbocycles. The van der Waals surface area contributed by atoms with Crippen LogP contribution in [0.2, 0.25) is 0 Å². The summed E-state index contributed by atoms with van der Waals surface area (Å²) >= 11 is 0. The van der Waals surface area contributed by atoms with Crippen LogP contribution in [0.5, 0.6) is 11.5 Å². The second-order valence-electron chi connectivity index (χ2n) is 3.66. The smallest absolute Gasteiger partial charge is 0.183 e. The third-order valence-electron chi connectivity index (χ3n) is 2.64. The molecule has 0 spiro atoms. The second kappa shape index (κ2) is 7.09. The highest BCUT2D eigenvalue weighted by molar-refractivity contribution is 5.42. The molecule has 17 heavy (non-hydrogen) atoms. The topological polar surface area (TPSA) is 63.6 Å². The van der Waals surface area contributed by atoms with Crippen LogP contribution in [0.25, 0.3) is 0 Å².